The Morgan fingerprint density at radius 3 is 2.80 bits per heavy atom. The normalized spacial score (nSPS) is 20.2. The van der Waals surface area contributed by atoms with E-state index in [0.717, 1.165) is 40.1 Å². The summed E-state index contributed by atoms with van der Waals surface area (Å²) in [6.07, 6.45) is 1.21. The number of rotatable bonds is 4. The van der Waals surface area contributed by atoms with Gasteiger partial charge in [-0.2, -0.15) is 0 Å². The lowest BCUT2D eigenvalue weighted by Gasteiger charge is -2.36. The van der Waals surface area contributed by atoms with E-state index in [4.69, 9.17) is 15.1 Å². The standard InChI is InChI=1S/C21H22N6O3/c1-10-19(24-11-7-12(8-11)25-21(29)30)27-18-13(3-2-4-16(18)23-10)17-9-14-15(26-17)5-6-22-20(14)28/h2-4,9,11-12,25-26H,5-8H2,1H3,(H,22,28)(H,24,27)(H,29,30)/t11-,12-. The van der Waals surface area contributed by atoms with Crippen molar-refractivity contribution in [2.75, 3.05) is 11.9 Å². The summed E-state index contributed by atoms with van der Waals surface area (Å²) in [6, 6.07) is 7.84. The van der Waals surface area contributed by atoms with Gasteiger partial charge in [-0.15, -0.1) is 0 Å². The van der Waals surface area contributed by atoms with E-state index < -0.39 is 6.09 Å². The molecule has 30 heavy (non-hydrogen) atoms. The molecule has 0 radical (unpaired) electrons. The van der Waals surface area contributed by atoms with Gasteiger partial charge < -0.3 is 26.0 Å². The zero-order valence-electron chi connectivity index (χ0n) is 16.5. The molecule has 1 aromatic carbocycles. The van der Waals surface area contributed by atoms with Crippen LogP contribution in [-0.4, -0.2) is 50.7 Å². The first-order chi connectivity index (χ1) is 14.5. The van der Waals surface area contributed by atoms with Gasteiger partial charge >= 0.3 is 6.09 Å². The van der Waals surface area contributed by atoms with Crippen LogP contribution in [0, 0.1) is 6.92 Å². The Morgan fingerprint density at radius 1 is 1.20 bits per heavy atom. The van der Waals surface area contributed by atoms with Gasteiger partial charge in [0.05, 0.1) is 16.8 Å². The van der Waals surface area contributed by atoms with Gasteiger partial charge in [-0.3, -0.25) is 4.79 Å². The van der Waals surface area contributed by atoms with Crippen LogP contribution < -0.4 is 16.0 Å². The molecule has 0 spiro atoms. The fraction of sp³-hybridized carbons (Fsp3) is 0.333. The topological polar surface area (TPSA) is 132 Å². The third-order valence-corrected chi connectivity index (χ3v) is 5.77. The summed E-state index contributed by atoms with van der Waals surface area (Å²) in [4.78, 5) is 35.8. The second kappa shape index (κ2) is 7.01. The summed E-state index contributed by atoms with van der Waals surface area (Å²) in [7, 11) is 0. The number of amides is 2. The van der Waals surface area contributed by atoms with Crippen molar-refractivity contribution in [1.29, 1.82) is 0 Å². The molecule has 2 aliphatic rings. The number of aromatic nitrogens is 3. The van der Waals surface area contributed by atoms with Crippen LogP contribution >= 0.6 is 0 Å². The Bertz CT molecular complexity index is 1170. The van der Waals surface area contributed by atoms with Gasteiger partial charge in [-0.25, -0.2) is 14.8 Å². The first-order valence-electron chi connectivity index (χ1n) is 10.0. The van der Waals surface area contributed by atoms with Crippen LogP contribution in [0.5, 0.6) is 0 Å². The Balaban J connectivity index is 1.47. The summed E-state index contributed by atoms with van der Waals surface area (Å²) >= 11 is 0. The van der Waals surface area contributed by atoms with Crippen molar-refractivity contribution in [3.8, 4) is 11.3 Å². The highest BCUT2D eigenvalue weighted by molar-refractivity contribution is 5.99. The number of aromatic amines is 1. The second-order valence-electron chi connectivity index (χ2n) is 7.87. The van der Waals surface area contributed by atoms with Gasteiger partial charge in [0.2, 0.25) is 0 Å². The molecule has 0 bridgehead atoms. The van der Waals surface area contributed by atoms with Gasteiger partial charge in [0.1, 0.15) is 11.3 Å². The molecule has 0 unspecified atom stereocenters. The molecule has 2 amide bonds. The van der Waals surface area contributed by atoms with E-state index in [1.165, 1.54) is 0 Å². The summed E-state index contributed by atoms with van der Waals surface area (Å²) in [5, 5.41) is 17.6. The molecule has 9 heteroatoms. The number of nitrogens with one attached hydrogen (secondary N) is 4. The average molecular weight is 406 g/mol. The van der Waals surface area contributed by atoms with E-state index in [2.05, 4.69) is 20.9 Å². The summed E-state index contributed by atoms with van der Waals surface area (Å²) < 4.78 is 0. The second-order valence-corrected chi connectivity index (χ2v) is 7.87. The van der Waals surface area contributed by atoms with Gasteiger partial charge in [0.15, 0.2) is 0 Å². The summed E-state index contributed by atoms with van der Waals surface area (Å²) in [6.45, 7) is 2.54. The molecule has 154 valence electrons. The quantitative estimate of drug-likeness (QED) is 0.452. The van der Waals surface area contributed by atoms with Gasteiger partial charge in [0, 0.05) is 42.0 Å². The number of anilines is 1. The van der Waals surface area contributed by atoms with Crippen molar-refractivity contribution in [3.05, 3.63) is 41.2 Å². The molecule has 1 aliphatic heterocycles. The lowest BCUT2D eigenvalue weighted by atomic mass is 9.87. The van der Waals surface area contributed by atoms with Crippen molar-refractivity contribution >= 4 is 28.9 Å². The van der Waals surface area contributed by atoms with Crippen molar-refractivity contribution in [3.63, 3.8) is 0 Å². The van der Waals surface area contributed by atoms with Gasteiger partial charge in [-0.05, 0) is 31.9 Å². The number of benzene rings is 1. The minimum atomic E-state index is -0.993. The average Bonchev–Trinajstić information content (AvgIpc) is 3.11. The lowest BCUT2D eigenvalue weighted by molar-refractivity contribution is 0.0946. The van der Waals surface area contributed by atoms with Crippen molar-refractivity contribution in [2.24, 2.45) is 0 Å². The predicted molar refractivity (Wildman–Crippen MR) is 112 cm³/mol. The van der Waals surface area contributed by atoms with Crippen LogP contribution in [0.1, 0.15) is 34.6 Å². The number of para-hydroxylation sites is 1. The van der Waals surface area contributed by atoms with E-state index in [9.17, 15) is 9.59 Å². The van der Waals surface area contributed by atoms with E-state index in [1.54, 1.807) is 0 Å². The number of carboxylic acid groups (broad SMARTS) is 1. The number of fused-ring (bicyclic) bond motifs is 2. The third-order valence-electron chi connectivity index (χ3n) is 5.77. The number of hydrogen-bond acceptors (Lipinski definition) is 5. The van der Waals surface area contributed by atoms with Crippen LogP contribution in [0.4, 0.5) is 10.6 Å². The largest absolute Gasteiger partial charge is 0.465 e. The molecular weight excluding hydrogens is 384 g/mol. The minimum Gasteiger partial charge on any atom is -0.465 e. The maximum absolute atomic E-state index is 12.1. The Hall–Kier alpha value is -3.62. The molecule has 5 N–H and O–H groups in total. The molecule has 3 aromatic rings. The summed E-state index contributed by atoms with van der Waals surface area (Å²) in [5.41, 5.74) is 5.69. The number of aryl methyl sites for hydroxylation is 1. The highest BCUT2D eigenvalue weighted by Crippen LogP contribution is 2.31. The molecule has 0 saturated heterocycles. The predicted octanol–water partition coefficient (Wildman–Crippen LogP) is 2.43. The molecular formula is C21H22N6O3. The summed E-state index contributed by atoms with van der Waals surface area (Å²) in [5.74, 6) is 0.639. The Labute approximate surface area is 172 Å². The highest BCUT2D eigenvalue weighted by atomic mass is 16.4. The van der Waals surface area contributed by atoms with E-state index in [0.29, 0.717) is 30.8 Å². The zero-order valence-corrected chi connectivity index (χ0v) is 16.5. The Kier molecular flexibility index (Phi) is 4.30. The maximum Gasteiger partial charge on any atom is 0.404 e. The first kappa shape index (κ1) is 18.4. The Morgan fingerprint density at radius 2 is 2.03 bits per heavy atom. The monoisotopic (exact) mass is 406 g/mol. The van der Waals surface area contributed by atoms with Crippen molar-refractivity contribution < 1.29 is 14.7 Å². The van der Waals surface area contributed by atoms with Crippen LogP contribution in [0.2, 0.25) is 0 Å². The molecule has 9 nitrogen and oxygen atoms in total. The number of carbonyl (C=O) groups is 2. The number of H-pyrrole nitrogens is 1. The molecule has 1 saturated carbocycles. The zero-order chi connectivity index (χ0) is 20.8. The molecule has 3 heterocycles. The molecule has 2 aromatic heterocycles. The van der Waals surface area contributed by atoms with E-state index in [1.807, 2.05) is 31.2 Å². The fourth-order valence-corrected chi connectivity index (χ4v) is 4.18. The molecule has 1 fully saturated rings. The van der Waals surface area contributed by atoms with Crippen LogP contribution in [0.15, 0.2) is 24.3 Å². The fourth-order valence-electron chi connectivity index (χ4n) is 4.18. The first-order valence-corrected chi connectivity index (χ1v) is 10.0. The smallest absolute Gasteiger partial charge is 0.404 e. The van der Waals surface area contributed by atoms with E-state index in [-0.39, 0.29) is 18.0 Å². The van der Waals surface area contributed by atoms with Crippen molar-refractivity contribution in [2.45, 2.75) is 38.3 Å². The number of hydrogen-bond donors (Lipinski definition) is 5. The van der Waals surface area contributed by atoms with Gasteiger partial charge in [0.25, 0.3) is 5.91 Å². The molecule has 5 rings (SSSR count). The van der Waals surface area contributed by atoms with E-state index >= 15 is 0 Å². The van der Waals surface area contributed by atoms with Crippen molar-refractivity contribution in [1.82, 2.24) is 25.6 Å². The lowest BCUT2D eigenvalue weighted by Crippen LogP contribution is -2.49. The molecule has 0 atom stereocenters. The van der Waals surface area contributed by atoms with Gasteiger partial charge in [-0.1, -0.05) is 12.1 Å². The SMILES string of the molecule is Cc1nc2cccc(-c3cc4c([nH]3)CCNC4=O)c2nc1N[C@H]1C[C@H](NC(=O)O)C1. The van der Waals surface area contributed by atoms with Crippen LogP contribution in [0.25, 0.3) is 22.3 Å². The third kappa shape index (κ3) is 3.22. The van der Waals surface area contributed by atoms with Crippen LogP contribution in [-0.2, 0) is 6.42 Å². The number of nitrogens with zero attached hydrogens (tertiary/aromatic N) is 2. The number of carbonyl (C=O) groups excluding carboxylic acids is 1. The maximum atomic E-state index is 12.1. The molecule has 1 aliphatic carbocycles. The van der Waals surface area contributed by atoms with Crippen LogP contribution in [0.3, 0.4) is 0 Å². The minimum absolute atomic E-state index is 0.0272. The highest BCUT2D eigenvalue weighted by Gasteiger charge is 2.31.